The van der Waals surface area contributed by atoms with Crippen LogP contribution in [0.5, 0.6) is 0 Å². The normalized spacial score (nSPS) is 20.9. The molecular formula is C19H23F3N4O. The summed E-state index contributed by atoms with van der Waals surface area (Å²) in [6, 6.07) is 9.13. The number of alkyl halides is 3. The Bertz CT molecular complexity index is 824. The molecule has 2 atom stereocenters. The molecule has 0 aliphatic carbocycles. The van der Waals surface area contributed by atoms with Crippen LogP contribution < -0.4 is 5.73 Å². The van der Waals surface area contributed by atoms with Crippen LogP contribution >= 0.6 is 0 Å². The summed E-state index contributed by atoms with van der Waals surface area (Å²) >= 11 is 0. The number of carbonyl (C=O) groups is 1. The van der Waals surface area contributed by atoms with Gasteiger partial charge in [-0.05, 0) is 26.3 Å². The summed E-state index contributed by atoms with van der Waals surface area (Å²) in [4.78, 5) is 14.3. The monoisotopic (exact) mass is 380 g/mol. The molecule has 8 heteroatoms. The molecule has 0 spiro atoms. The molecule has 0 bridgehead atoms. The van der Waals surface area contributed by atoms with Crippen molar-refractivity contribution in [1.82, 2.24) is 14.7 Å². The first-order valence-corrected chi connectivity index (χ1v) is 8.75. The number of carbonyl (C=O) groups excluding carboxylic acids is 1. The van der Waals surface area contributed by atoms with Crippen LogP contribution in [0.2, 0.25) is 0 Å². The van der Waals surface area contributed by atoms with E-state index in [9.17, 15) is 18.0 Å². The Kier molecular flexibility index (Phi) is 4.80. The second-order valence-corrected chi connectivity index (χ2v) is 7.88. The van der Waals surface area contributed by atoms with E-state index in [0.29, 0.717) is 0 Å². The highest BCUT2D eigenvalue weighted by Gasteiger charge is 2.44. The van der Waals surface area contributed by atoms with E-state index in [0.717, 1.165) is 16.4 Å². The average Bonchev–Trinajstić information content (AvgIpc) is 3.18. The molecule has 1 saturated heterocycles. The van der Waals surface area contributed by atoms with Crippen LogP contribution in [0.25, 0.3) is 0 Å². The minimum absolute atomic E-state index is 0.109. The highest BCUT2D eigenvalue weighted by Crippen LogP contribution is 2.36. The van der Waals surface area contributed by atoms with Gasteiger partial charge >= 0.3 is 6.18 Å². The van der Waals surface area contributed by atoms with Gasteiger partial charge in [0.2, 0.25) is 0 Å². The van der Waals surface area contributed by atoms with Crippen molar-refractivity contribution in [3.05, 3.63) is 53.3 Å². The molecule has 1 amide bonds. The van der Waals surface area contributed by atoms with Gasteiger partial charge in [0.05, 0.1) is 17.3 Å². The highest BCUT2D eigenvalue weighted by molar-refractivity contribution is 5.95. The second kappa shape index (κ2) is 6.67. The number of benzene rings is 1. The zero-order chi connectivity index (χ0) is 20.0. The van der Waals surface area contributed by atoms with E-state index < -0.39 is 28.9 Å². The summed E-state index contributed by atoms with van der Waals surface area (Å²) in [5.41, 5.74) is 4.80. The Morgan fingerprint density at radius 2 is 1.78 bits per heavy atom. The van der Waals surface area contributed by atoms with Crippen molar-refractivity contribution < 1.29 is 18.0 Å². The molecule has 3 rings (SSSR count). The van der Waals surface area contributed by atoms with Crippen LogP contribution in [0.4, 0.5) is 13.2 Å². The van der Waals surface area contributed by atoms with Gasteiger partial charge in [-0.3, -0.25) is 9.48 Å². The highest BCUT2D eigenvalue weighted by atomic mass is 19.4. The van der Waals surface area contributed by atoms with Gasteiger partial charge in [0.1, 0.15) is 0 Å². The summed E-state index contributed by atoms with van der Waals surface area (Å²) in [5.74, 6) is -0.797. The molecule has 1 fully saturated rings. The minimum atomic E-state index is -4.69. The van der Waals surface area contributed by atoms with Gasteiger partial charge in [-0.15, -0.1) is 0 Å². The largest absolute Gasteiger partial charge is 0.433 e. The SMILES string of the molecule is CC(C)(C)n1ncc(C(=O)N2C[C@@H](N)[C@H](c3ccccc3)C2)c1C(F)(F)F. The first-order chi connectivity index (χ1) is 12.5. The maximum Gasteiger partial charge on any atom is 0.433 e. The number of nitrogens with zero attached hydrogens (tertiary/aromatic N) is 3. The van der Waals surface area contributed by atoms with Crippen LogP contribution in [0.3, 0.4) is 0 Å². The fraction of sp³-hybridized carbons (Fsp3) is 0.474. The molecule has 1 aliphatic rings. The topological polar surface area (TPSA) is 64.2 Å². The minimum Gasteiger partial charge on any atom is -0.336 e. The lowest BCUT2D eigenvalue weighted by Crippen LogP contribution is -2.34. The maximum atomic E-state index is 13.7. The predicted octanol–water partition coefficient (Wildman–Crippen LogP) is 3.22. The standard InChI is InChI=1S/C19H23F3N4O/c1-18(2,3)26-16(19(20,21)22)13(9-24-26)17(27)25-10-14(15(23)11-25)12-7-5-4-6-8-12/h4-9,14-15H,10-11,23H2,1-3H3/t14-,15+/m0/s1. The quantitative estimate of drug-likeness (QED) is 0.870. The molecule has 1 aromatic carbocycles. The lowest BCUT2D eigenvalue weighted by Gasteiger charge is -2.24. The summed E-state index contributed by atoms with van der Waals surface area (Å²) in [7, 11) is 0. The Balaban J connectivity index is 1.92. The van der Waals surface area contributed by atoms with Crippen molar-refractivity contribution in [1.29, 1.82) is 0 Å². The van der Waals surface area contributed by atoms with Gasteiger partial charge in [0.25, 0.3) is 5.91 Å². The smallest absolute Gasteiger partial charge is 0.336 e. The number of aromatic nitrogens is 2. The van der Waals surface area contributed by atoms with Crippen LogP contribution in [-0.4, -0.2) is 39.7 Å². The predicted molar refractivity (Wildman–Crippen MR) is 95.3 cm³/mol. The molecule has 1 aromatic heterocycles. The van der Waals surface area contributed by atoms with E-state index in [1.54, 1.807) is 20.8 Å². The van der Waals surface area contributed by atoms with E-state index in [2.05, 4.69) is 5.10 Å². The fourth-order valence-electron chi connectivity index (χ4n) is 3.50. The Morgan fingerprint density at radius 1 is 1.15 bits per heavy atom. The molecule has 2 N–H and O–H groups in total. The van der Waals surface area contributed by atoms with Crippen molar-refractivity contribution in [3.8, 4) is 0 Å². The summed E-state index contributed by atoms with van der Waals surface area (Å²) in [5, 5.41) is 3.86. The second-order valence-electron chi connectivity index (χ2n) is 7.88. The van der Waals surface area contributed by atoms with Gasteiger partial charge < -0.3 is 10.6 Å². The van der Waals surface area contributed by atoms with Crippen molar-refractivity contribution in [2.24, 2.45) is 5.73 Å². The number of amides is 1. The Hall–Kier alpha value is -2.35. The van der Waals surface area contributed by atoms with Gasteiger partial charge in [-0.25, -0.2) is 0 Å². The molecule has 2 heterocycles. The zero-order valence-corrected chi connectivity index (χ0v) is 15.5. The molecule has 5 nitrogen and oxygen atoms in total. The fourth-order valence-corrected chi connectivity index (χ4v) is 3.50. The number of hydrogen-bond donors (Lipinski definition) is 1. The molecule has 2 aromatic rings. The number of nitrogens with two attached hydrogens (primary N) is 1. The third kappa shape index (κ3) is 3.71. The molecule has 27 heavy (non-hydrogen) atoms. The first-order valence-electron chi connectivity index (χ1n) is 8.75. The summed E-state index contributed by atoms with van der Waals surface area (Å²) in [6.07, 6.45) is -3.67. The van der Waals surface area contributed by atoms with E-state index in [1.807, 2.05) is 30.3 Å². The van der Waals surface area contributed by atoms with E-state index in [-0.39, 0.29) is 25.0 Å². The summed E-state index contributed by atoms with van der Waals surface area (Å²) < 4.78 is 41.9. The molecule has 0 saturated carbocycles. The zero-order valence-electron chi connectivity index (χ0n) is 15.5. The van der Waals surface area contributed by atoms with Crippen LogP contribution in [0.1, 0.15) is 48.3 Å². The van der Waals surface area contributed by atoms with Crippen molar-refractivity contribution in [2.75, 3.05) is 13.1 Å². The number of hydrogen-bond acceptors (Lipinski definition) is 3. The molecule has 0 radical (unpaired) electrons. The Morgan fingerprint density at radius 3 is 2.33 bits per heavy atom. The van der Waals surface area contributed by atoms with Crippen molar-refractivity contribution in [3.63, 3.8) is 0 Å². The van der Waals surface area contributed by atoms with Gasteiger partial charge in [-0.1, -0.05) is 30.3 Å². The van der Waals surface area contributed by atoms with E-state index >= 15 is 0 Å². The van der Waals surface area contributed by atoms with E-state index in [1.165, 1.54) is 4.90 Å². The number of rotatable bonds is 2. The van der Waals surface area contributed by atoms with Gasteiger partial charge in [0, 0.05) is 25.0 Å². The van der Waals surface area contributed by atoms with Crippen LogP contribution in [0, 0.1) is 0 Å². The van der Waals surface area contributed by atoms with Crippen molar-refractivity contribution in [2.45, 2.75) is 44.4 Å². The van der Waals surface area contributed by atoms with Gasteiger partial charge in [0.15, 0.2) is 5.69 Å². The number of likely N-dealkylation sites (tertiary alicyclic amines) is 1. The van der Waals surface area contributed by atoms with Gasteiger partial charge in [-0.2, -0.15) is 18.3 Å². The lowest BCUT2D eigenvalue weighted by atomic mass is 9.95. The molecular weight excluding hydrogens is 357 g/mol. The summed E-state index contributed by atoms with van der Waals surface area (Å²) in [6.45, 7) is 5.32. The van der Waals surface area contributed by atoms with Crippen LogP contribution in [-0.2, 0) is 11.7 Å². The van der Waals surface area contributed by atoms with E-state index in [4.69, 9.17) is 5.73 Å². The van der Waals surface area contributed by atoms with Crippen LogP contribution in [0.15, 0.2) is 36.5 Å². The lowest BCUT2D eigenvalue weighted by molar-refractivity contribution is -0.146. The molecule has 1 aliphatic heterocycles. The molecule has 146 valence electrons. The molecule has 0 unspecified atom stereocenters. The van der Waals surface area contributed by atoms with Crippen molar-refractivity contribution >= 4 is 5.91 Å². The third-order valence-electron chi connectivity index (χ3n) is 4.78. The average molecular weight is 380 g/mol. The number of halogens is 3. The first kappa shape index (κ1) is 19.4. The maximum absolute atomic E-state index is 13.7. The Labute approximate surface area is 155 Å². The third-order valence-corrected chi connectivity index (χ3v) is 4.78.